The molecule has 0 saturated carbocycles. The van der Waals surface area contributed by atoms with Crippen molar-refractivity contribution in [1.29, 1.82) is 0 Å². The Balaban J connectivity index is 1.86. The first kappa shape index (κ1) is 21.4. The molecular weight excluding hydrogens is 368 g/mol. The van der Waals surface area contributed by atoms with Crippen LogP contribution in [0.15, 0.2) is 24.3 Å². The first-order chi connectivity index (χ1) is 12.8. The van der Waals surface area contributed by atoms with Gasteiger partial charge in [0.15, 0.2) is 6.10 Å². The molecule has 8 heteroatoms. The van der Waals surface area contributed by atoms with Gasteiger partial charge in [-0.3, -0.25) is 4.79 Å². The van der Waals surface area contributed by atoms with Gasteiger partial charge in [0.2, 0.25) is 10.0 Å². The Kier molecular flexibility index (Phi) is 7.79. The van der Waals surface area contributed by atoms with Gasteiger partial charge in [-0.2, -0.15) is 0 Å². The van der Waals surface area contributed by atoms with Crippen molar-refractivity contribution >= 4 is 21.9 Å². The number of hydrogen-bond donors (Lipinski definition) is 1. The molecule has 1 N–H and O–H groups in total. The third kappa shape index (κ3) is 7.30. The topological polar surface area (TPSA) is 92.8 Å². The number of amides is 1. The molecule has 1 aromatic carbocycles. The lowest BCUT2D eigenvalue weighted by atomic mass is 10.1. The van der Waals surface area contributed by atoms with E-state index in [4.69, 9.17) is 4.74 Å². The average molecular weight is 397 g/mol. The van der Waals surface area contributed by atoms with Crippen molar-refractivity contribution in [2.75, 3.05) is 25.9 Å². The lowest BCUT2D eigenvalue weighted by molar-refractivity contribution is -0.139. The number of sulfonamides is 1. The largest absolute Gasteiger partial charge is 0.449 e. The molecule has 1 amide bonds. The maximum absolute atomic E-state index is 12.5. The van der Waals surface area contributed by atoms with E-state index in [9.17, 15) is 18.0 Å². The Morgan fingerprint density at radius 1 is 1.11 bits per heavy atom. The summed E-state index contributed by atoms with van der Waals surface area (Å²) >= 11 is 0. The third-order valence-electron chi connectivity index (χ3n) is 4.52. The van der Waals surface area contributed by atoms with E-state index in [2.05, 4.69) is 4.72 Å². The fourth-order valence-corrected chi connectivity index (χ4v) is 3.49. The molecule has 150 valence electrons. The van der Waals surface area contributed by atoms with Gasteiger partial charge in [-0.05, 0) is 43.9 Å². The van der Waals surface area contributed by atoms with E-state index in [0.29, 0.717) is 18.5 Å². The van der Waals surface area contributed by atoms with Crippen molar-refractivity contribution in [2.24, 2.45) is 0 Å². The van der Waals surface area contributed by atoms with Gasteiger partial charge < -0.3 is 9.64 Å². The molecule has 2 rings (SSSR count). The van der Waals surface area contributed by atoms with Crippen LogP contribution in [0.4, 0.5) is 0 Å². The molecule has 0 bridgehead atoms. The number of nitrogens with one attached hydrogen (secondary N) is 1. The van der Waals surface area contributed by atoms with Gasteiger partial charge in [-0.15, -0.1) is 0 Å². The lowest BCUT2D eigenvalue weighted by Gasteiger charge is -2.24. The number of carbonyl (C=O) groups excluding carboxylic acids is 2. The van der Waals surface area contributed by atoms with Crippen LogP contribution in [0.25, 0.3) is 0 Å². The smallest absolute Gasteiger partial charge is 0.338 e. The Morgan fingerprint density at radius 3 is 2.26 bits per heavy atom. The van der Waals surface area contributed by atoms with E-state index in [1.807, 2.05) is 0 Å². The van der Waals surface area contributed by atoms with E-state index in [1.165, 1.54) is 0 Å². The highest BCUT2D eigenvalue weighted by Crippen LogP contribution is 2.13. The molecule has 1 fully saturated rings. The zero-order valence-corrected chi connectivity index (χ0v) is 16.8. The Hall–Kier alpha value is -1.93. The summed E-state index contributed by atoms with van der Waals surface area (Å²) in [7, 11) is -3.21. The van der Waals surface area contributed by atoms with Crippen LogP contribution in [-0.4, -0.2) is 57.2 Å². The minimum atomic E-state index is -3.21. The molecule has 0 spiro atoms. The molecule has 1 aliphatic rings. The fourth-order valence-electron chi connectivity index (χ4n) is 3.02. The number of likely N-dealkylation sites (tertiary alicyclic amines) is 1. The predicted octanol–water partition coefficient (Wildman–Crippen LogP) is 1.73. The summed E-state index contributed by atoms with van der Waals surface area (Å²) in [6, 6.07) is 6.76. The quantitative estimate of drug-likeness (QED) is 0.709. The number of nitrogens with zero attached hydrogens (tertiary/aromatic N) is 1. The van der Waals surface area contributed by atoms with Crippen LogP contribution in [0.1, 0.15) is 48.5 Å². The molecule has 0 aromatic heterocycles. The number of hydrogen-bond acceptors (Lipinski definition) is 5. The van der Waals surface area contributed by atoms with Gasteiger partial charge in [-0.25, -0.2) is 17.9 Å². The van der Waals surface area contributed by atoms with Crippen molar-refractivity contribution in [3.63, 3.8) is 0 Å². The van der Waals surface area contributed by atoms with Crippen LogP contribution in [-0.2, 0) is 26.0 Å². The maximum atomic E-state index is 12.5. The molecule has 1 atom stereocenters. The van der Waals surface area contributed by atoms with E-state index >= 15 is 0 Å². The maximum Gasteiger partial charge on any atom is 0.338 e. The minimum Gasteiger partial charge on any atom is -0.449 e. The van der Waals surface area contributed by atoms with Crippen LogP contribution < -0.4 is 4.72 Å². The highest BCUT2D eigenvalue weighted by molar-refractivity contribution is 7.88. The van der Waals surface area contributed by atoms with E-state index in [1.54, 1.807) is 36.1 Å². The Bertz CT molecular complexity index is 738. The molecular formula is C19H28N2O5S. The summed E-state index contributed by atoms with van der Waals surface area (Å²) < 4.78 is 29.9. The van der Waals surface area contributed by atoms with Crippen molar-refractivity contribution in [3.05, 3.63) is 35.4 Å². The summed E-state index contributed by atoms with van der Waals surface area (Å²) in [5.41, 5.74) is 1.27. The molecule has 7 nitrogen and oxygen atoms in total. The van der Waals surface area contributed by atoms with Crippen molar-refractivity contribution in [2.45, 2.75) is 45.1 Å². The summed E-state index contributed by atoms with van der Waals surface area (Å²) in [6.07, 6.45) is 5.05. The second kappa shape index (κ2) is 9.85. The second-order valence-electron chi connectivity index (χ2n) is 6.90. The molecule has 1 saturated heterocycles. The highest BCUT2D eigenvalue weighted by Gasteiger charge is 2.24. The van der Waals surface area contributed by atoms with Gasteiger partial charge in [0, 0.05) is 19.6 Å². The van der Waals surface area contributed by atoms with Crippen LogP contribution in [0, 0.1) is 0 Å². The number of rotatable bonds is 7. The van der Waals surface area contributed by atoms with E-state index in [0.717, 1.165) is 50.6 Å². The molecule has 27 heavy (non-hydrogen) atoms. The van der Waals surface area contributed by atoms with Crippen LogP contribution >= 0.6 is 0 Å². The normalized spacial score (nSPS) is 16.4. The zero-order valence-electron chi connectivity index (χ0n) is 15.9. The van der Waals surface area contributed by atoms with Gasteiger partial charge in [0.1, 0.15) is 0 Å². The van der Waals surface area contributed by atoms with Gasteiger partial charge in [0.25, 0.3) is 5.91 Å². The van der Waals surface area contributed by atoms with Crippen molar-refractivity contribution < 1.29 is 22.7 Å². The first-order valence-electron chi connectivity index (χ1n) is 9.29. The van der Waals surface area contributed by atoms with Crippen molar-refractivity contribution in [1.82, 2.24) is 9.62 Å². The predicted molar refractivity (Wildman–Crippen MR) is 103 cm³/mol. The fraction of sp³-hybridized carbons (Fsp3) is 0.579. The van der Waals surface area contributed by atoms with E-state index < -0.39 is 22.1 Å². The summed E-state index contributed by atoms with van der Waals surface area (Å²) in [5, 5.41) is 0. The standard InChI is InChI=1S/C19H28N2O5S/c1-15(18(22)21-13-5-3-4-6-14-21)26-19(23)17-9-7-16(8-10-17)11-12-20-27(2,24)25/h7-10,15,20H,3-6,11-14H2,1-2H3/t15-/m0/s1. The number of carbonyl (C=O) groups is 2. The number of benzene rings is 1. The van der Waals surface area contributed by atoms with Gasteiger partial charge in [0.05, 0.1) is 11.8 Å². The zero-order chi connectivity index (χ0) is 19.9. The first-order valence-corrected chi connectivity index (χ1v) is 11.2. The molecule has 1 aliphatic heterocycles. The Labute approximate surface area is 161 Å². The summed E-state index contributed by atoms with van der Waals surface area (Å²) in [4.78, 5) is 26.5. The summed E-state index contributed by atoms with van der Waals surface area (Å²) in [5.74, 6) is -0.680. The van der Waals surface area contributed by atoms with Crippen LogP contribution in [0.2, 0.25) is 0 Å². The minimum absolute atomic E-state index is 0.145. The van der Waals surface area contributed by atoms with E-state index in [-0.39, 0.29) is 5.91 Å². The second-order valence-corrected chi connectivity index (χ2v) is 8.73. The average Bonchev–Trinajstić information content (AvgIpc) is 2.89. The highest BCUT2D eigenvalue weighted by atomic mass is 32.2. The molecule has 0 radical (unpaired) electrons. The molecule has 0 aliphatic carbocycles. The van der Waals surface area contributed by atoms with Gasteiger partial charge >= 0.3 is 5.97 Å². The summed E-state index contributed by atoms with van der Waals surface area (Å²) in [6.45, 7) is 3.34. The monoisotopic (exact) mass is 396 g/mol. The van der Waals surface area contributed by atoms with Crippen LogP contribution in [0.5, 0.6) is 0 Å². The SMILES string of the molecule is C[C@H](OC(=O)c1ccc(CCNS(C)(=O)=O)cc1)C(=O)N1CCCCCC1. The Morgan fingerprint density at radius 2 is 1.70 bits per heavy atom. The van der Waals surface area contributed by atoms with Crippen molar-refractivity contribution in [3.8, 4) is 0 Å². The molecule has 1 heterocycles. The third-order valence-corrected chi connectivity index (χ3v) is 5.25. The molecule has 0 unspecified atom stereocenters. The molecule has 1 aromatic rings. The number of ether oxygens (including phenoxy) is 1. The lowest BCUT2D eigenvalue weighted by Crippen LogP contribution is -2.40. The number of esters is 1. The van der Waals surface area contributed by atoms with Crippen LogP contribution in [0.3, 0.4) is 0 Å². The van der Waals surface area contributed by atoms with Gasteiger partial charge in [-0.1, -0.05) is 25.0 Å².